The summed E-state index contributed by atoms with van der Waals surface area (Å²) in [5.41, 5.74) is 1.81. The number of esters is 1. The Morgan fingerprint density at radius 2 is 1.82 bits per heavy atom. The SMILES string of the molecule is COc1ccc(-n2c(CNc3ccc(Cl)cc3)nnc2SCC(=O)OC2CCCCC2)cc1. The fraction of sp³-hybridized carbons (Fsp3) is 0.375. The van der Waals surface area contributed by atoms with Gasteiger partial charge in [0.1, 0.15) is 11.9 Å². The molecule has 0 bridgehead atoms. The number of nitrogens with zero attached hydrogens (tertiary/aromatic N) is 3. The van der Waals surface area contributed by atoms with E-state index in [1.54, 1.807) is 7.11 Å². The summed E-state index contributed by atoms with van der Waals surface area (Å²) >= 11 is 7.31. The van der Waals surface area contributed by atoms with Crippen LogP contribution in [0.2, 0.25) is 5.02 Å². The lowest BCUT2D eigenvalue weighted by atomic mass is 9.98. The number of thioether (sulfide) groups is 1. The molecule has 174 valence electrons. The van der Waals surface area contributed by atoms with Gasteiger partial charge in [0.15, 0.2) is 11.0 Å². The standard InChI is InChI=1S/C24H27ClN4O3S/c1-31-20-13-11-19(12-14-20)29-22(15-26-18-9-7-17(25)8-10-18)27-28-24(29)33-16-23(30)32-21-5-3-2-4-6-21/h7-14,21,26H,2-6,15-16H2,1H3. The van der Waals surface area contributed by atoms with E-state index in [0.717, 1.165) is 48.6 Å². The van der Waals surface area contributed by atoms with E-state index in [0.29, 0.717) is 16.7 Å². The lowest BCUT2D eigenvalue weighted by molar-refractivity contribution is -0.147. The monoisotopic (exact) mass is 486 g/mol. The van der Waals surface area contributed by atoms with Crippen molar-refractivity contribution in [2.24, 2.45) is 0 Å². The van der Waals surface area contributed by atoms with Crippen molar-refractivity contribution in [3.05, 3.63) is 59.4 Å². The van der Waals surface area contributed by atoms with Gasteiger partial charge >= 0.3 is 5.97 Å². The summed E-state index contributed by atoms with van der Waals surface area (Å²) in [4.78, 5) is 12.4. The molecule has 1 fully saturated rings. The van der Waals surface area contributed by atoms with Crippen LogP contribution >= 0.6 is 23.4 Å². The topological polar surface area (TPSA) is 78.3 Å². The quantitative estimate of drug-likeness (QED) is 0.315. The number of anilines is 1. The smallest absolute Gasteiger partial charge is 0.316 e. The molecule has 1 N–H and O–H groups in total. The summed E-state index contributed by atoms with van der Waals surface area (Å²) in [5.74, 6) is 1.46. The van der Waals surface area contributed by atoms with Crippen molar-refractivity contribution in [3.8, 4) is 11.4 Å². The van der Waals surface area contributed by atoms with Crippen molar-refractivity contribution < 1.29 is 14.3 Å². The number of hydrogen-bond donors (Lipinski definition) is 1. The molecule has 0 atom stereocenters. The molecule has 0 spiro atoms. The van der Waals surface area contributed by atoms with E-state index in [9.17, 15) is 4.79 Å². The Hall–Kier alpha value is -2.71. The van der Waals surface area contributed by atoms with Crippen molar-refractivity contribution in [1.29, 1.82) is 0 Å². The third-order valence-corrected chi connectivity index (χ3v) is 6.65. The summed E-state index contributed by atoms with van der Waals surface area (Å²) in [6.07, 6.45) is 5.44. The van der Waals surface area contributed by atoms with Crippen molar-refractivity contribution in [1.82, 2.24) is 14.8 Å². The zero-order valence-electron chi connectivity index (χ0n) is 18.5. The number of aromatic nitrogens is 3. The second kappa shape index (κ2) is 11.4. The Balaban J connectivity index is 1.48. The number of hydrogen-bond acceptors (Lipinski definition) is 7. The largest absolute Gasteiger partial charge is 0.497 e. The van der Waals surface area contributed by atoms with Crippen LogP contribution in [0.1, 0.15) is 37.9 Å². The van der Waals surface area contributed by atoms with Gasteiger partial charge in [-0.3, -0.25) is 9.36 Å². The van der Waals surface area contributed by atoms with Crippen LogP contribution in [0, 0.1) is 0 Å². The molecule has 33 heavy (non-hydrogen) atoms. The summed E-state index contributed by atoms with van der Waals surface area (Å²) in [6, 6.07) is 15.1. The minimum atomic E-state index is -0.211. The molecular formula is C24H27ClN4O3S. The van der Waals surface area contributed by atoms with Crippen molar-refractivity contribution in [2.75, 3.05) is 18.2 Å². The van der Waals surface area contributed by atoms with Crippen LogP contribution < -0.4 is 10.1 Å². The maximum Gasteiger partial charge on any atom is 0.316 e. The van der Waals surface area contributed by atoms with E-state index in [2.05, 4.69) is 15.5 Å². The molecule has 7 nitrogen and oxygen atoms in total. The van der Waals surface area contributed by atoms with Crippen molar-refractivity contribution in [2.45, 2.75) is 49.9 Å². The average molecular weight is 487 g/mol. The van der Waals surface area contributed by atoms with Crippen molar-refractivity contribution >= 4 is 35.0 Å². The summed E-state index contributed by atoms with van der Waals surface area (Å²) in [5, 5.41) is 13.4. The molecular weight excluding hydrogens is 460 g/mol. The molecule has 0 unspecified atom stereocenters. The Morgan fingerprint density at radius 1 is 1.09 bits per heavy atom. The van der Waals surface area contributed by atoms with Crippen LogP contribution in [0.4, 0.5) is 5.69 Å². The van der Waals surface area contributed by atoms with Crippen LogP contribution in [0.3, 0.4) is 0 Å². The Morgan fingerprint density at radius 3 is 2.52 bits per heavy atom. The first kappa shape index (κ1) is 23.4. The molecule has 1 aliphatic rings. The molecule has 0 saturated heterocycles. The van der Waals surface area contributed by atoms with Gasteiger partial charge in [0.2, 0.25) is 0 Å². The minimum Gasteiger partial charge on any atom is -0.497 e. The second-order valence-electron chi connectivity index (χ2n) is 7.83. The van der Waals surface area contributed by atoms with E-state index in [-0.39, 0.29) is 17.8 Å². The van der Waals surface area contributed by atoms with E-state index >= 15 is 0 Å². The third-order valence-electron chi connectivity index (χ3n) is 5.50. The van der Waals surface area contributed by atoms with Gasteiger partial charge in [0.05, 0.1) is 19.4 Å². The number of nitrogens with one attached hydrogen (secondary N) is 1. The van der Waals surface area contributed by atoms with Crippen LogP contribution in [0.25, 0.3) is 5.69 Å². The molecule has 0 amide bonds. The molecule has 1 aliphatic carbocycles. The van der Waals surface area contributed by atoms with Gasteiger partial charge in [-0.15, -0.1) is 10.2 Å². The molecule has 1 aromatic heterocycles. The molecule has 0 aliphatic heterocycles. The number of carbonyl (C=O) groups excluding carboxylic acids is 1. The van der Waals surface area contributed by atoms with E-state index in [1.165, 1.54) is 18.2 Å². The predicted molar refractivity (Wildman–Crippen MR) is 130 cm³/mol. The molecule has 1 saturated carbocycles. The van der Waals surface area contributed by atoms with Crippen molar-refractivity contribution in [3.63, 3.8) is 0 Å². The van der Waals surface area contributed by atoms with Crippen LogP contribution in [0.15, 0.2) is 53.7 Å². The number of rotatable bonds is 9. The summed E-state index contributed by atoms with van der Waals surface area (Å²) in [6.45, 7) is 0.452. The first-order valence-corrected chi connectivity index (χ1v) is 12.4. The number of ether oxygens (including phenoxy) is 2. The Bertz CT molecular complexity index is 1050. The first-order chi connectivity index (χ1) is 16.1. The maximum atomic E-state index is 12.4. The number of halogens is 1. The fourth-order valence-corrected chi connectivity index (χ4v) is 4.65. The number of methoxy groups -OCH3 is 1. The molecule has 0 radical (unpaired) electrons. The van der Waals surface area contributed by atoms with Gasteiger partial charge in [0.25, 0.3) is 0 Å². The lowest BCUT2D eigenvalue weighted by Gasteiger charge is -2.21. The van der Waals surface area contributed by atoms with Gasteiger partial charge in [-0.05, 0) is 74.2 Å². The third kappa shape index (κ3) is 6.42. The van der Waals surface area contributed by atoms with Gasteiger partial charge in [0, 0.05) is 16.4 Å². The fourth-order valence-electron chi connectivity index (χ4n) is 3.77. The van der Waals surface area contributed by atoms with E-state index in [4.69, 9.17) is 21.1 Å². The second-order valence-corrected chi connectivity index (χ2v) is 9.21. The average Bonchev–Trinajstić information content (AvgIpc) is 3.26. The molecule has 3 aromatic rings. The predicted octanol–water partition coefficient (Wildman–Crippen LogP) is 5.51. The maximum absolute atomic E-state index is 12.4. The highest BCUT2D eigenvalue weighted by molar-refractivity contribution is 7.99. The number of carbonyl (C=O) groups is 1. The lowest BCUT2D eigenvalue weighted by Crippen LogP contribution is -2.22. The molecule has 1 heterocycles. The van der Waals surface area contributed by atoms with Crippen LogP contribution in [-0.2, 0) is 16.1 Å². The van der Waals surface area contributed by atoms with Gasteiger partial charge in [-0.1, -0.05) is 29.8 Å². The highest BCUT2D eigenvalue weighted by Gasteiger charge is 2.20. The highest BCUT2D eigenvalue weighted by atomic mass is 35.5. The highest BCUT2D eigenvalue weighted by Crippen LogP contribution is 2.26. The van der Waals surface area contributed by atoms with E-state index in [1.807, 2.05) is 53.1 Å². The van der Waals surface area contributed by atoms with E-state index < -0.39 is 0 Å². The Labute approximate surface area is 202 Å². The Kier molecular flexibility index (Phi) is 8.12. The summed E-state index contributed by atoms with van der Waals surface area (Å²) in [7, 11) is 1.63. The molecule has 9 heteroatoms. The number of benzene rings is 2. The minimum absolute atomic E-state index is 0.0467. The zero-order chi connectivity index (χ0) is 23.0. The van der Waals surface area contributed by atoms with Crippen LogP contribution in [0.5, 0.6) is 5.75 Å². The van der Waals surface area contributed by atoms with Crippen LogP contribution in [-0.4, -0.2) is 39.7 Å². The molecule has 2 aromatic carbocycles. The zero-order valence-corrected chi connectivity index (χ0v) is 20.1. The van der Waals surface area contributed by atoms with Gasteiger partial charge in [-0.2, -0.15) is 0 Å². The summed E-state index contributed by atoms with van der Waals surface area (Å²) < 4.78 is 12.9. The first-order valence-electron chi connectivity index (χ1n) is 11.0. The van der Waals surface area contributed by atoms with Gasteiger partial charge in [-0.25, -0.2) is 0 Å². The molecule has 4 rings (SSSR count). The van der Waals surface area contributed by atoms with Gasteiger partial charge < -0.3 is 14.8 Å². The normalized spacial score (nSPS) is 14.1.